The maximum Gasteiger partial charge on any atom is 0.416 e. The molecule has 0 bridgehead atoms. The van der Waals surface area contributed by atoms with E-state index in [4.69, 9.17) is 5.73 Å². The van der Waals surface area contributed by atoms with Crippen molar-refractivity contribution in [2.45, 2.75) is 19.1 Å². The quantitative estimate of drug-likeness (QED) is 0.859. The first-order chi connectivity index (χ1) is 12.7. The van der Waals surface area contributed by atoms with Crippen LogP contribution in [0.5, 0.6) is 0 Å². The molecule has 0 spiro atoms. The molecular weight excluding hydrogens is 359 g/mol. The van der Waals surface area contributed by atoms with E-state index in [0.29, 0.717) is 30.5 Å². The van der Waals surface area contributed by atoms with Gasteiger partial charge in [-0.25, -0.2) is 9.97 Å². The van der Waals surface area contributed by atoms with Crippen molar-refractivity contribution in [3.8, 4) is 11.3 Å². The van der Waals surface area contributed by atoms with Crippen LogP contribution in [0.3, 0.4) is 0 Å². The normalized spacial score (nSPS) is 23.9. The third-order valence-electron chi connectivity index (χ3n) is 5.08. The first-order valence-electron chi connectivity index (χ1n) is 8.56. The first-order valence-corrected chi connectivity index (χ1v) is 8.56. The lowest BCUT2D eigenvalue weighted by Gasteiger charge is -2.22. The summed E-state index contributed by atoms with van der Waals surface area (Å²) in [7, 11) is 0. The molecule has 142 valence electrons. The number of aromatic nitrogens is 2. The Kier molecular flexibility index (Phi) is 4.06. The third-order valence-corrected chi connectivity index (χ3v) is 5.08. The van der Waals surface area contributed by atoms with Gasteiger partial charge in [-0.05, 0) is 36.1 Å². The van der Waals surface area contributed by atoms with E-state index in [1.54, 1.807) is 6.07 Å². The van der Waals surface area contributed by atoms with Crippen LogP contribution in [0.4, 0.5) is 24.8 Å². The molecule has 2 aromatic rings. The molecule has 6 nitrogen and oxygen atoms in total. The average molecular weight is 377 g/mol. The Labute approximate surface area is 153 Å². The van der Waals surface area contributed by atoms with Crippen molar-refractivity contribution in [1.29, 1.82) is 0 Å². The summed E-state index contributed by atoms with van der Waals surface area (Å²) in [4.78, 5) is 21.5. The van der Waals surface area contributed by atoms with Crippen LogP contribution in [0.1, 0.15) is 12.5 Å². The van der Waals surface area contributed by atoms with Crippen molar-refractivity contribution in [3.05, 3.63) is 36.0 Å². The Morgan fingerprint density at radius 2 is 1.96 bits per heavy atom. The molecule has 2 aromatic heterocycles. The fourth-order valence-electron chi connectivity index (χ4n) is 3.59. The molecule has 3 heterocycles. The van der Waals surface area contributed by atoms with Gasteiger partial charge in [0.15, 0.2) is 0 Å². The molecular formula is C18H18F3N5O. The number of amides is 1. The smallest absolute Gasteiger partial charge is 0.356 e. The highest BCUT2D eigenvalue weighted by molar-refractivity contribution is 5.88. The second-order valence-corrected chi connectivity index (χ2v) is 7.02. The molecule has 0 aromatic carbocycles. The molecule has 2 fully saturated rings. The summed E-state index contributed by atoms with van der Waals surface area (Å²) in [5, 5.41) is 2.52. The van der Waals surface area contributed by atoms with Gasteiger partial charge in [-0.3, -0.25) is 4.79 Å². The maximum atomic E-state index is 13.4. The van der Waals surface area contributed by atoms with Crippen LogP contribution < -0.4 is 16.0 Å². The molecule has 9 heteroatoms. The summed E-state index contributed by atoms with van der Waals surface area (Å²) in [6, 6.07) is 5.31. The van der Waals surface area contributed by atoms with Crippen molar-refractivity contribution < 1.29 is 18.0 Å². The summed E-state index contributed by atoms with van der Waals surface area (Å²) in [6.45, 7) is 2.57. The minimum atomic E-state index is -4.49. The van der Waals surface area contributed by atoms with Crippen LogP contribution in [0, 0.1) is 11.8 Å². The molecule has 3 N–H and O–H groups in total. The fraction of sp³-hybridized carbons (Fsp3) is 0.389. The Hall–Kier alpha value is -2.68. The van der Waals surface area contributed by atoms with E-state index in [1.165, 1.54) is 19.2 Å². The van der Waals surface area contributed by atoms with Crippen molar-refractivity contribution in [3.63, 3.8) is 0 Å². The summed E-state index contributed by atoms with van der Waals surface area (Å²) < 4.78 is 40.2. The number of fused-ring (bicyclic) bond motifs is 1. The number of halogens is 3. The van der Waals surface area contributed by atoms with E-state index in [-0.39, 0.29) is 29.3 Å². The summed E-state index contributed by atoms with van der Waals surface area (Å²) in [5.41, 5.74) is 5.79. The molecule has 4 rings (SSSR count). The van der Waals surface area contributed by atoms with E-state index >= 15 is 0 Å². The van der Waals surface area contributed by atoms with Crippen LogP contribution >= 0.6 is 0 Å². The minimum Gasteiger partial charge on any atom is -0.356 e. The number of nitrogens with zero attached hydrogens (tertiary/aromatic N) is 3. The number of carbonyl (C=O) groups excluding carboxylic acids is 1. The van der Waals surface area contributed by atoms with Gasteiger partial charge in [-0.1, -0.05) is 0 Å². The summed E-state index contributed by atoms with van der Waals surface area (Å²) in [6.07, 6.45) is -3.06. The Bertz CT molecular complexity index is 889. The van der Waals surface area contributed by atoms with Gasteiger partial charge in [-0.2, -0.15) is 13.2 Å². The lowest BCUT2D eigenvalue weighted by Crippen LogP contribution is -2.29. The molecule has 1 aliphatic heterocycles. The van der Waals surface area contributed by atoms with Gasteiger partial charge < -0.3 is 16.0 Å². The van der Waals surface area contributed by atoms with Crippen molar-refractivity contribution in [1.82, 2.24) is 9.97 Å². The number of carbonyl (C=O) groups is 1. The molecule has 2 unspecified atom stereocenters. The highest BCUT2D eigenvalue weighted by Gasteiger charge is 2.54. The van der Waals surface area contributed by atoms with Gasteiger partial charge >= 0.3 is 6.18 Å². The van der Waals surface area contributed by atoms with Gasteiger partial charge in [0.1, 0.15) is 11.6 Å². The Morgan fingerprint density at radius 3 is 2.59 bits per heavy atom. The highest BCUT2D eigenvalue weighted by Crippen LogP contribution is 2.45. The molecule has 2 aliphatic rings. The molecule has 3 atom stereocenters. The molecule has 27 heavy (non-hydrogen) atoms. The monoisotopic (exact) mass is 377 g/mol. The number of pyridine rings is 2. The number of anilines is 2. The standard InChI is InChI=1S/C18H18F3N5O/c1-9(27)24-15-4-10(2-3-23-15)14-5-11(18(19,20)21)6-16(25-14)26-7-12-13(8-26)17(12)22/h2-6,12-13,17H,7-8,22H2,1H3,(H,23,24,27)/t12-,13?,17?/m1/s1. The van der Waals surface area contributed by atoms with Crippen LogP contribution in [0.25, 0.3) is 11.3 Å². The van der Waals surface area contributed by atoms with Crippen LogP contribution in [0.15, 0.2) is 30.5 Å². The van der Waals surface area contributed by atoms with E-state index < -0.39 is 11.7 Å². The predicted octanol–water partition coefficient (Wildman–Crippen LogP) is 2.51. The highest BCUT2D eigenvalue weighted by atomic mass is 19.4. The second kappa shape index (κ2) is 6.19. The van der Waals surface area contributed by atoms with Crippen LogP contribution in [0.2, 0.25) is 0 Å². The van der Waals surface area contributed by atoms with Crippen LogP contribution in [-0.2, 0) is 11.0 Å². The largest absolute Gasteiger partial charge is 0.416 e. The summed E-state index contributed by atoms with van der Waals surface area (Å²) >= 11 is 0. The number of hydrogen-bond acceptors (Lipinski definition) is 5. The van der Waals surface area contributed by atoms with E-state index in [0.717, 1.165) is 12.1 Å². The average Bonchev–Trinajstić information content (AvgIpc) is 3.02. The zero-order valence-electron chi connectivity index (χ0n) is 14.5. The molecule has 1 saturated heterocycles. The van der Waals surface area contributed by atoms with Gasteiger partial charge in [0.05, 0.1) is 11.3 Å². The topological polar surface area (TPSA) is 84.1 Å². The fourth-order valence-corrected chi connectivity index (χ4v) is 3.59. The second-order valence-electron chi connectivity index (χ2n) is 7.02. The number of rotatable bonds is 3. The van der Waals surface area contributed by atoms with Gasteiger partial charge in [0.25, 0.3) is 0 Å². The van der Waals surface area contributed by atoms with E-state index in [1.807, 2.05) is 4.90 Å². The Balaban J connectivity index is 1.72. The third kappa shape index (κ3) is 3.46. The van der Waals surface area contributed by atoms with Crippen LogP contribution in [-0.4, -0.2) is 35.0 Å². The zero-order valence-corrected chi connectivity index (χ0v) is 14.5. The molecule has 1 amide bonds. The minimum absolute atomic E-state index is 0.145. The molecule has 0 radical (unpaired) electrons. The van der Waals surface area contributed by atoms with Gasteiger partial charge in [0.2, 0.25) is 5.91 Å². The summed E-state index contributed by atoms with van der Waals surface area (Å²) in [5.74, 6) is 0.894. The Morgan fingerprint density at radius 1 is 1.26 bits per heavy atom. The number of piperidine rings is 1. The number of nitrogens with one attached hydrogen (secondary N) is 1. The lowest BCUT2D eigenvalue weighted by molar-refractivity contribution is -0.137. The number of hydrogen-bond donors (Lipinski definition) is 2. The zero-order chi connectivity index (χ0) is 19.3. The van der Waals surface area contributed by atoms with Crippen molar-refractivity contribution in [2.75, 3.05) is 23.3 Å². The van der Waals surface area contributed by atoms with Gasteiger partial charge in [-0.15, -0.1) is 0 Å². The van der Waals surface area contributed by atoms with Crippen molar-refractivity contribution in [2.24, 2.45) is 17.6 Å². The molecule has 1 aliphatic carbocycles. The lowest BCUT2D eigenvalue weighted by atomic mass is 10.1. The number of nitrogens with two attached hydrogens (primary N) is 1. The SMILES string of the molecule is CC(=O)Nc1cc(-c2cc(C(F)(F)F)cc(N3CC4C(N)[C@@H]4C3)n2)ccn1. The van der Waals surface area contributed by atoms with E-state index in [9.17, 15) is 18.0 Å². The predicted molar refractivity (Wildman–Crippen MR) is 93.9 cm³/mol. The number of alkyl halides is 3. The maximum absolute atomic E-state index is 13.4. The van der Waals surface area contributed by atoms with Gasteiger partial charge in [0, 0.05) is 37.8 Å². The van der Waals surface area contributed by atoms with E-state index in [2.05, 4.69) is 15.3 Å². The van der Waals surface area contributed by atoms with Crippen molar-refractivity contribution >= 4 is 17.5 Å². The first kappa shape index (κ1) is 17.7. The molecule has 1 saturated carbocycles.